The molecule has 1 aromatic rings. The van der Waals surface area contributed by atoms with E-state index in [-0.39, 0.29) is 16.3 Å². The van der Waals surface area contributed by atoms with Crippen LogP contribution in [0.25, 0.3) is 0 Å². The number of rotatable bonds is 3. The predicted octanol–water partition coefficient (Wildman–Crippen LogP) is 2.90. The van der Waals surface area contributed by atoms with Gasteiger partial charge in [0.2, 0.25) is 0 Å². The zero-order chi connectivity index (χ0) is 13.2. The minimum Gasteiger partial charge on any atom is -0.477 e. The highest BCUT2D eigenvalue weighted by Gasteiger charge is 2.29. The molecule has 4 nitrogen and oxygen atoms in total. The lowest BCUT2D eigenvalue weighted by Crippen LogP contribution is -2.46. The summed E-state index contributed by atoms with van der Waals surface area (Å²) in [6, 6.07) is 3.06. The van der Waals surface area contributed by atoms with Gasteiger partial charge in [0.15, 0.2) is 0 Å². The van der Waals surface area contributed by atoms with E-state index in [1.807, 2.05) is 0 Å². The summed E-state index contributed by atoms with van der Waals surface area (Å²) in [5.41, 5.74) is -0.136. The van der Waals surface area contributed by atoms with Gasteiger partial charge in [-0.15, -0.1) is 11.3 Å². The predicted molar refractivity (Wildman–Crippen MR) is 70.2 cm³/mol. The largest absolute Gasteiger partial charge is 0.477 e. The maximum Gasteiger partial charge on any atom is 0.345 e. The fraction of sp³-hybridized carbons (Fsp3) is 0.538. The summed E-state index contributed by atoms with van der Waals surface area (Å²) < 4.78 is 0. The van der Waals surface area contributed by atoms with Gasteiger partial charge in [-0.2, -0.15) is 0 Å². The van der Waals surface area contributed by atoms with Crippen molar-refractivity contribution in [2.45, 2.75) is 44.6 Å². The van der Waals surface area contributed by atoms with Gasteiger partial charge in [-0.1, -0.05) is 19.3 Å². The van der Waals surface area contributed by atoms with Gasteiger partial charge in [0.1, 0.15) is 4.88 Å². The second-order valence-electron chi connectivity index (χ2n) is 5.04. The van der Waals surface area contributed by atoms with Crippen molar-refractivity contribution in [3.8, 4) is 0 Å². The van der Waals surface area contributed by atoms with Crippen LogP contribution in [0.15, 0.2) is 12.1 Å². The highest BCUT2D eigenvalue weighted by atomic mass is 32.1. The fourth-order valence-electron chi connectivity index (χ4n) is 2.37. The molecule has 2 N–H and O–H groups in total. The zero-order valence-electron chi connectivity index (χ0n) is 10.4. The van der Waals surface area contributed by atoms with E-state index in [1.54, 1.807) is 6.07 Å². The van der Waals surface area contributed by atoms with Gasteiger partial charge in [-0.25, -0.2) is 4.79 Å². The highest BCUT2D eigenvalue weighted by molar-refractivity contribution is 7.15. The van der Waals surface area contributed by atoms with E-state index in [2.05, 4.69) is 12.2 Å². The van der Waals surface area contributed by atoms with Crippen LogP contribution in [0, 0.1) is 0 Å². The summed E-state index contributed by atoms with van der Waals surface area (Å²) in [7, 11) is 0. The summed E-state index contributed by atoms with van der Waals surface area (Å²) in [6.45, 7) is 2.07. The number of carbonyl (C=O) groups excluding carboxylic acids is 1. The smallest absolute Gasteiger partial charge is 0.345 e. The minimum atomic E-state index is -0.983. The molecule has 0 bridgehead atoms. The molecule has 0 atom stereocenters. The van der Waals surface area contributed by atoms with Crippen LogP contribution in [0.4, 0.5) is 0 Å². The van der Waals surface area contributed by atoms with E-state index >= 15 is 0 Å². The molecular weight excluding hydrogens is 250 g/mol. The molecule has 0 aromatic carbocycles. The van der Waals surface area contributed by atoms with Gasteiger partial charge >= 0.3 is 5.97 Å². The first kappa shape index (κ1) is 13.1. The number of carboxylic acids is 1. The molecule has 0 aliphatic heterocycles. The SMILES string of the molecule is CC1(NC(=O)c2ccc(C(=O)O)s2)CCCCC1. The van der Waals surface area contributed by atoms with Crippen molar-refractivity contribution < 1.29 is 14.7 Å². The molecule has 1 heterocycles. The van der Waals surface area contributed by atoms with Crippen LogP contribution in [0.3, 0.4) is 0 Å². The van der Waals surface area contributed by atoms with E-state index < -0.39 is 5.97 Å². The lowest BCUT2D eigenvalue weighted by Gasteiger charge is -2.34. The van der Waals surface area contributed by atoms with E-state index in [9.17, 15) is 9.59 Å². The Balaban J connectivity index is 2.04. The molecule has 18 heavy (non-hydrogen) atoms. The molecule has 2 rings (SSSR count). The van der Waals surface area contributed by atoms with Crippen molar-refractivity contribution in [2.75, 3.05) is 0 Å². The first-order valence-electron chi connectivity index (χ1n) is 6.16. The van der Waals surface area contributed by atoms with Crippen molar-refractivity contribution >= 4 is 23.2 Å². The summed E-state index contributed by atoms with van der Waals surface area (Å²) in [6.07, 6.45) is 5.50. The monoisotopic (exact) mass is 267 g/mol. The third kappa shape index (κ3) is 2.90. The Kier molecular flexibility index (Phi) is 3.71. The van der Waals surface area contributed by atoms with Crippen LogP contribution < -0.4 is 5.32 Å². The molecule has 1 aliphatic carbocycles. The summed E-state index contributed by atoms with van der Waals surface area (Å²) in [5.74, 6) is -1.14. The second kappa shape index (κ2) is 5.10. The van der Waals surface area contributed by atoms with Crippen molar-refractivity contribution in [3.05, 3.63) is 21.9 Å². The topological polar surface area (TPSA) is 66.4 Å². The van der Waals surface area contributed by atoms with Gasteiger partial charge < -0.3 is 10.4 Å². The fourth-order valence-corrected chi connectivity index (χ4v) is 3.11. The van der Waals surface area contributed by atoms with Crippen molar-refractivity contribution in [1.29, 1.82) is 0 Å². The molecule has 1 fully saturated rings. The average molecular weight is 267 g/mol. The normalized spacial score (nSPS) is 18.3. The standard InChI is InChI=1S/C13H17NO3S/c1-13(7-3-2-4-8-13)14-11(15)9-5-6-10(18-9)12(16)17/h5-6H,2-4,7-8H2,1H3,(H,14,15)(H,16,17). The van der Waals surface area contributed by atoms with Crippen LogP contribution in [-0.4, -0.2) is 22.5 Å². The number of nitrogens with one attached hydrogen (secondary N) is 1. The first-order chi connectivity index (χ1) is 8.50. The van der Waals surface area contributed by atoms with Crippen LogP contribution in [-0.2, 0) is 0 Å². The van der Waals surface area contributed by atoms with Gasteiger partial charge in [0.25, 0.3) is 5.91 Å². The van der Waals surface area contributed by atoms with Crippen molar-refractivity contribution in [2.24, 2.45) is 0 Å². The number of carboxylic acid groups (broad SMARTS) is 1. The molecule has 1 aromatic heterocycles. The Morgan fingerprint density at radius 1 is 1.22 bits per heavy atom. The summed E-state index contributed by atoms with van der Waals surface area (Å²) >= 11 is 1.02. The maximum atomic E-state index is 12.1. The van der Waals surface area contributed by atoms with E-state index in [0.29, 0.717) is 4.88 Å². The number of thiophene rings is 1. The molecule has 1 amide bonds. The number of aromatic carboxylic acids is 1. The number of hydrogen-bond donors (Lipinski definition) is 2. The molecular formula is C13H17NO3S. The molecule has 0 unspecified atom stereocenters. The third-order valence-electron chi connectivity index (χ3n) is 3.41. The second-order valence-corrected chi connectivity index (χ2v) is 6.13. The van der Waals surface area contributed by atoms with E-state index in [1.165, 1.54) is 12.5 Å². The van der Waals surface area contributed by atoms with E-state index in [4.69, 9.17) is 5.11 Å². The lowest BCUT2D eigenvalue weighted by molar-refractivity contribution is 0.0702. The number of carbonyl (C=O) groups is 2. The van der Waals surface area contributed by atoms with Gasteiger partial charge in [-0.3, -0.25) is 4.79 Å². The number of hydrogen-bond acceptors (Lipinski definition) is 3. The van der Waals surface area contributed by atoms with Gasteiger partial charge in [0.05, 0.1) is 4.88 Å². The first-order valence-corrected chi connectivity index (χ1v) is 6.97. The molecule has 0 saturated heterocycles. The number of amides is 1. The Morgan fingerprint density at radius 2 is 1.83 bits per heavy atom. The quantitative estimate of drug-likeness (QED) is 0.885. The molecule has 0 spiro atoms. The van der Waals surface area contributed by atoms with Gasteiger partial charge in [-0.05, 0) is 31.9 Å². The molecule has 5 heteroatoms. The van der Waals surface area contributed by atoms with E-state index in [0.717, 1.165) is 37.0 Å². The van der Waals surface area contributed by atoms with Crippen LogP contribution in [0.5, 0.6) is 0 Å². The Morgan fingerprint density at radius 3 is 2.39 bits per heavy atom. The molecule has 1 saturated carbocycles. The average Bonchev–Trinajstić information content (AvgIpc) is 2.78. The minimum absolute atomic E-state index is 0.136. The third-order valence-corrected chi connectivity index (χ3v) is 4.48. The van der Waals surface area contributed by atoms with Crippen LogP contribution in [0.2, 0.25) is 0 Å². The van der Waals surface area contributed by atoms with Gasteiger partial charge in [0, 0.05) is 5.54 Å². The lowest BCUT2D eigenvalue weighted by atomic mass is 9.83. The Bertz CT molecular complexity index is 461. The maximum absolute atomic E-state index is 12.1. The Labute approximate surface area is 110 Å². The highest BCUT2D eigenvalue weighted by Crippen LogP contribution is 2.28. The van der Waals surface area contributed by atoms with Crippen molar-refractivity contribution in [1.82, 2.24) is 5.32 Å². The molecule has 0 radical (unpaired) electrons. The summed E-state index contributed by atoms with van der Waals surface area (Å²) in [5, 5.41) is 11.9. The zero-order valence-corrected chi connectivity index (χ0v) is 11.2. The van der Waals surface area contributed by atoms with Crippen LogP contribution in [0.1, 0.15) is 58.4 Å². The van der Waals surface area contributed by atoms with Crippen LogP contribution >= 0.6 is 11.3 Å². The molecule has 98 valence electrons. The van der Waals surface area contributed by atoms with Crippen molar-refractivity contribution in [3.63, 3.8) is 0 Å². The molecule has 1 aliphatic rings. The summed E-state index contributed by atoms with van der Waals surface area (Å²) in [4.78, 5) is 23.5. The Hall–Kier alpha value is -1.36.